The number of nitrogens with zero attached hydrogens (tertiary/aromatic N) is 2. The fourth-order valence-corrected chi connectivity index (χ4v) is 4.64. The van der Waals surface area contributed by atoms with Gasteiger partial charge < -0.3 is 20.2 Å². The van der Waals surface area contributed by atoms with Crippen molar-refractivity contribution in [1.82, 2.24) is 20.3 Å². The summed E-state index contributed by atoms with van der Waals surface area (Å²) >= 11 is 6.09. The number of H-pyrrole nitrogens is 2. The highest BCUT2D eigenvalue weighted by molar-refractivity contribution is 6.31. The van der Waals surface area contributed by atoms with Gasteiger partial charge in [-0.2, -0.15) is 0 Å². The molecule has 1 aliphatic rings. The molecule has 1 saturated heterocycles. The number of imidazole rings is 1. The number of aromatic nitrogens is 3. The van der Waals surface area contributed by atoms with Crippen molar-refractivity contribution in [2.24, 2.45) is 5.92 Å². The Labute approximate surface area is 186 Å². The molecule has 1 amide bonds. The van der Waals surface area contributed by atoms with Crippen LogP contribution in [-0.4, -0.2) is 40.5 Å². The van der Waals surface area contributed by atoms with Gasteiger partial charge in [-0.15, -0.1) is 0 Å². The van der Waals surface area contributed by atoms with Crippen molar-refractivity contribution in [3.05, 3.63) is 58.7 Å². The van der Waals surface area contributed by atoms with Crippen LogP contribution in [0.15, 0.2) is 42.6 Å². The zero-order chi connectivity index (χ0) is 21.4. The van der Waals surface area contributed by atoms with E-state index in [9.17, 15) is 4.79 Å². The van der Waals surface area contributed by atoms with Gasteiger partial charge in [-0.05, 0) is 62.1 Å². The monoisotopic (exact) mass is 435 g/mol. The summed E-state index contributed by atoms with van der Waals surface area (Å²) in [7, 11) is 0. The van der Waals surface area contributed by atoms with E-state index in [1.54, 1.807) is 0 Å². The number of hydrogen-bond donors (Lipinski definition) is 3. The van der Waals surface area contributed by atoms with E-state index in [0.29, 0.717) is 18.1 Å². The first-order chi connectivity index (χ1) is 15.1. The summed E-state index contributed by atoms with van der Waals surface area (Å²) in [6, 6.07) is 12.1. The van der Waals surface area contributed by atoms with E-state index in [0.717, 1.165) is 48.3 Å². The number of carbonyl (C=O) groups excluding carboxylic acids is 1. The van der Waals surface area contributed by atoms with Crippen LogP contribution < -0.4 is 10.2 Å². The van der Waals surface area contributed by atoms with E-state index in [-0.39, 0.29) is 11.8 Å². The van der Waals surface area contributed by atoms with Crippen LogP contribution in [0.2, 0.25) is 5.02 Å². The van der Waals surface area contributed by atoms with Crippen LogP contribution in [0.25, 0.3) is 21.9 Å². The first-order valence-electron chi connectivity index (χ1n) is 10.8. The van der Waals surface area contributed by atoms with Gasteiger partial charge in [0.2, 0.25) is 11.9 Å². The number of halogens is 1. The lowest BCUT2D eigenvalue weighted by Gasteiger charge is -2.31. The van der Waals surface area contributed by atoms with E-state index in [1.165, 1.54) is 16.5 Å². The van der Waals surface area contributed by atoms with E-state index >= 15 is 0 Å². The summed E-state index contributed by atoms with van der Waals surface area (Å²) in [5.41, 5.74) is 5.43. The Morgan fingerprint density at radius 1 is 1.26 bits per heavy atom. The van der Waals surface area contributed by atoms with Crippen LogP contribution in [-0.2, 0) is 11.2 Å². The summed E-state index contributed by atoms with van der Waals surface area (Å²) in [4.78, 5) is 26.4. The molecule has 0 aliphatic carbocycles. The van der Waals surface area contributed by atoms with E-state index in [4.69, 9.17) is 11.6 Å². The lowest BCUT2D eigenvalue weighted by molar-refractivity contribution is -0.125. The zero-order valence-corrected chi connectivity index (χ0v) is 18.3. The molecular weight excluding hydrogens is 410 g/mol. The highest BCUT2D eigenvalue weighted by Gasteiger charge is 2.27. The third kappa shape index (κ3) is 4.12. The summed E-state index contributed by atoms with van der Waals surface area (Å²) in [5, 5.41) is 5.07. The Morgan fingerprint density at radius 3 is 3.06 bits per heavy atom. The lowest BCUT2D eigenvalue weighted by atomic mass is 9.97. The van der Waals surface area contributed by atoms with Gasteiger partial charge in [0.1, 0.15) is 0 Å². The first-order valence-corrected chi connectivity index (χ1v) is 11.2. The molecule has 0 spiro atoms. The van der Waals surface area contributed by atoms with E-state index < -0.39 is 0 Å². The predicted molar refractivity (Wildman–Crippen MR) is 126 cm³/mol. The molecule has 0 saturated carbocycles. The van der Waals surface area contributed by atoms with Crippen molar-refractivity contribution in [3.8, 4) is 0 Å². The molecule has 2 aromatic carbocycles. The molecule has 7 heteroatoms. The Hall–Kier alpha value is -2.99. The number of piperidine rings is 1. The maximum absolute atomic E-state index is 12.8. The molecule has 5 rings (SSSR count). The number of nitrogens with one attached hydrogen (secondary N) is 3. The van der Waals surface area contributed by atoms with Crippen LogP contribution in [0.4, 0.5) is 5.95 Å². The molecule has 0 unspecified atom stereocenters. The third-order valence-corrected chi connectivity index (χ3v) is 6.37. The van der Waals surface area contributed by atoms with Crippen LogP contribution in [0.3, 0.4) is 0 Å². The van der Waals surface area contributed by atoms with Crippen LogP contribution in [0.5, 0.6) is 0 Å². The molecule has 6 nitrogen and oxygen atoms in total. The number of rotatable bonds is 5. The molecule has 1 atom stereocenters. The molecule has 4 aromatic rings. The minimum atomic E-state index is -0.0317. The number of hydrogen-bond acceptors (Lipinski definition) is 3. The average Bonchev–Trinajstić information content (AvgIpc) is 3.37. The first kappa shape index (κ1) is 19.9. The number of benzene rings is 2. The van der Waals surface area contributed by atoms with Crippen molar-refractivity contribution in [2.75, 3.05) is 24.5 Å². The second kappa shape index (κ2) is 8.27. The van der Waals surface area contributed by atoms with Gasteiger partial charge in [0, 0.05) is 41.8 Å². The Morgan fingerprint density at radius 2 is 2.16 bits per heavy atom. The average molecular weight is 436 g/mol. The van der Waals surface area contributed by atoms with Crippen molar-refractivity contribution < 1.29 is 4.79 Å². The summed E-state index contributed by atoms with van der Waals surface area (Å²) < 4.78 is 0. The molecule has 1 fully saturated rings. The standard InChI is InChI=1S/C24H26ClN5O/c1-15-4-6-20-19(11-15)16(13-27-20)8-9-26-23(31)17-3-2-10-30(14-17)24-28-21-7-5-18(25)12-22(21)29-24/h4-7,11-13,17,27H,2-3,8-10,14H2,1H3,(H,26,31)(H,28,29)/t17-/m1/s1. The van der Waals surface area contributed by atoms with Crippen molar-refractivity contribution in [1.29, 1.82) is 0 Å². The number of anilines is 1. The van der Waals surface area contributed by atoms with Crippen LogP contribution in [0.1, 0.15) is 24.0 Å². The van der Waals surface area contributed by atoms with E-state index in [2.05, 4.69) is 50.3 Å². The van der Waals surface area contributed by atoms with Gasteiger partial charge in [-0.25, -0.2) is 4.98 Å². The second-order valence-corrected chi connectivity index (χ2v) is 8.85. The number of aryl methyl sites for hydroxylation is 1. The Kier molecular flexibility index (Phi) is 5.32. The lowest BCUT2D eigenvalue weighted by Crippen LogP contribution is -2.43. The molecule has 31 heavy (non-hydrogen) atoms. The Bertz CT molecular complexity index is 1240. The largest absolute Gasteiger partial charge is 0.361 e. The molecule has 0 radical (unpaired) electrons. The van der Waals surface area contributed by atoms with Gasteiger partial charge in [0.15, 0.2) is 0 Å². The summed E-state index contributed by atoms with van der Waals surface area (Å²) in [6.07, 6.45) is 4.74. The molecule has 3 heterocycles. The normalized spacial score (nSPS) is 16.8. The molecular formula is C24H26ClN5O. The quantitative estimate of drug-likeness (QED) is 0.429. The topological polar surface area (TPSA) is 76.8 Å². The smallest absolute Gasteiger partial charge is 0.224 e. The molecule has 2 aromatic heterocycles. The fourth-order valence-electron chi connectivity index (χ4n) is 4.47. The van der Waals surface area contributed by atoms with Gasteiger partial charge in [0.25, 0.3) is 0 Å². The molecule has 0 bridgehead atoms. The SMILES string of the molecule is Cc1ccc2[nH]cc(CCNC(=O)[C@@H]3CCCN(c4nc5ccc(Cl)cc5[nH]4)C3)c2c1. The summed E-state index contributed by atoms with van der Waals surface area (Å²) in [5.74, 6) is 0.902. The van der Waals surface area contributed by atoms with Crippen molar-refractivity contribution in [3.63, 3.8) is 0 Å². The van der Waals surface area contributed by atoms with Gasteiger partial charge >= 0.3 is 0 Å². The molecule has 1 aliphatic heterocycles. The fraction of sp³-hybridized carbons (Fsp3) is 0.333. The van der Waals surface area contributed by atoms with Gasteiger partial charge in [-0.1, -0.05) is 23.2 Å². The number of carbonyl (C=O) groups is 1. The van der Waals surface area contributed by atoms with Crippen molar-refractivity contribution >= 4 is 45.4 Å². The number of fused-ring (bicyclic) bond motifs is 2. The highest BCUT2D eigenvalue weighted by atomic mass is 35.5. The van der Waals surface area contributed by atoms with Crippen molar-refractivity contribution in [2.45, 2.75) is 26.2 Å². The molecule has 160 valence electrons. The second-order valence-electron chi connectivity index (χ2n) is 8.41. The molecule has 3 N–H and O–H groups in total. The predicted octanol–water partition coefficient (Wildman–Crippen LogP) is 4.58. The maximum atomic E-state index is 12.8. The van der Waals surface area contributed by atoms with Crippen LogP contribution >= 0.6 is 11.6 Å². The number of aromatic amines is 2. The zero-order valence-electron chi connectivity index (χ0n) is 17.5. The minimum Gasteiger partial charge on any atom is -0.361 e. The minimum absolute atomic E-state index is 0.0317. The van der Waals surface area contributed by atoms with Gasteiger partial charge in [0.05, 0.1) is 17.0 Å². The van der Waals surface area contributed by atoms with E-state index in [1.807, 2.05) is 24.4 Å². The summed E-state index contributed by atoms with van der Waals surface area (Å²) in [6.45, 7) is 4.31. The Balaban J connectivity index is 1.20. The number of amides is 1. The third-order valence-electron chi connectivity index (χ3n) is 6.14. The van der Waals surface area contributed by atoms with Gasteiger partial charge in [-0.3, -0.25) is 4.79 Å². The highest BCUT2D eigenvalue weighted by Crippen LogP contribution is 2.25. The van der Waals surface area contributed by atoms with Crippen LogP contribution in [0, 0.1) is 12.8 Å². The maximum Gasteiger partial charge on any atom is 0.224 e.